The highest BCUT2D eigenvalue weighted by molar-refractivity contribution is 6.32. The Morgan fingerprint density at radius 1 is 1.31 bits per heavy atom. The summed E-state index contributed by atoms with van der Waals surface area (Å²) in [7, 11) is 0. The van der Waals surface area contributed by atoms with Gasteiger partial charge in [-0.15, -0.1) is 0 Å². The molecule has 80 valence electrons. The van der Waals surface area contributed by atoms with Crippen LogP contribution in [0.1, 0.15) is 5.56 Å². The summed E-state index contributed by atoms with van der Waals surface area (Å²) in [6.45, 7) is 1.94. The van der Waals surface area contributed by atoms with Crippen LogP contribution in [0.15, 0.2) is 22.7 Å². The number of nitrogen functional groups attached to an aromatic ring is 1. The minimum Gasteiger partial charge on any atom is -0.367 e. The Labute approximate surface area is 96.0 Å². The third-order valence-corrected chi connectivity index (χ3v) is 2.98. The molecule has 2 heterocycles. The normalized spacial score (nSPS) is 11.4. The molecule has 2 N–H and O–H groups in total. The Bertz CT molecular complexity index is 705. The van der Waals surface area contributed by atoms with Gasteiger partial charge in [0.25, 0.3) is 0 Å². The summed E-state index contributed by atoms with van der Waals surface area (Å²) in [5, 5.41) is 6.13. The minimum atomic E-state index is 0.279. The maximum Gasteiger partial charge on any atom is 0.231 e. The number of nitrogens with zero attached hydrogens (tertiary/aromatic N) is 2. The molecule has 1 aromatic carbocycles. The summed E-state index contributed by atoms with van der Waals surface area (Å²) in [6.07, 6.45) is 0. The summed E-state index contributed by atoms with van der Waals surface area (Å²) < 4.78 is 4.88. The van der Waals surface area contributed by atoms with Crippen molar-refractivity contribution in [2.75, 3.05) is 5.73 Å². The lowest BCUT2D eigenvalue weighted by Gasteiger charge is -2.01. The van der Waals surface area contributed by atoms with E-state index in [2.05, 4.69) is 10.1 Å². The van der Waals surface area contributed by atoms with E-state index in [0.717, 1.165) is 16.5 Å². The standard InChI is InChI=1S/C11H8ClN3O/c1-5-2-9-6(4-8(5)12)3-7-10(13)16-15-11(7)14-9/h2-4H,13H2,1H3. The van der Waals surface area contributed by atoms with Gasteiger partial charge in [-0.3, -0.25) is 0 Å². The number of benzene rings is 1. The fraction of sp³-hybridized carbons (Fsp3) is 0.0909. The van der Waals surface area contributed by atoms with Crippen molar-refractivity contribution >= 4 is 39.4 Å². The van der Waals surface area contributed by atoms with Crippen molar-refractivity contribution in [2.24, 2.45) is 0 Å². The van der Waals surface area contributed by atoms with Crippen LogP contribution in [0.5, 0.6) is 0 Å². The molecule has 3 rings (SSSR count). The lowest BCUT2D eigenvalue weighted by molar-refractivity contribution is 0.443. The molecule has 2 aromatic heterocycles. The van der Waals surface area contributed by atoms with Gasteiger partial charge in [0.1, 0.15) is 0 Å². The van der Waals surface area contributed by atoms with Crippen molar-refractivity contribution in [1.29, 1.82) is 0 Å². The number of aromatic nitrogens is 2. The highest BCUT2D eigenvalue weighted by atomic mass is 35.5. The molecule has 0 saturated carbocycles. The molecule has 0 bridgehead atoms. The van der Waals surface area contributed by atoms with Crippen LogP contribution in [0.3, 0.4) is 0 Å². The average Bonchev–Trinajstić information content (AvgIpc) is 2.59. The number of rotatable bonds is 0. The number of fused-ring (bicyclic) bond motifs is 2. The minimum absolute atomic E-state index is 0.279. The molecule has 0 aliphatic carbocycles. The van der Waals surface area contributed by atoms with Crippen molar-refractivity contribution in [1.82, 2.24) is 10.1 Å². The zero-order valence-electron chi connectivity index (χ0n) is 8.49. The average molecular weight is 234 g/mol. The van der Waals surface area contributed by atoms with Gasteiger partial charge in [-0.1, -0.05) is 16.8 Å². The first-order valence-electron chi connectivity index (χ1n) is 4.77. The number of aryl methyl sites for hydroxylation is 1. The van der Waals surface area contributed by atoms with E-state index in [1.54, 1.807) is 0 Å². The Morgan fingerprint density at radius 2 is 2.12 bits per heavy atom. The largest absolute Gasteiger partial charge is 0.367 e. The van der Waals surface area contributed by atoms with Crippen LogP contribution in [0.2, 0.25) is 5.02 Å². The van der Waals surface area contributed by atoms with Gasteiger partial charge in [-0.2, -0.15) is 0 Å². The molecule has 0 amide bonds. The molecule has 0 aliphatic heterocycles. The molecule has 4 nitrogen and oxygen atoms in total. The third-order valence-electron chi connectivity index (χ3n) is 2.57. The first-order valence-corrected chi connectivity index (χ1v) is 5.15. The van der Waals surface area contributed by atoms with Gasteiger partial charge in [0.05, 0.1) is 10.9 Å². The highest BCUT2D eigenvalue weighted by Gasteiger charge is 2.09. The van der Waals surface area contributed by atoms with Crippen LogP contribution in [0.25, 0.3) is 21.9 Å². The van der Waals surface area contributed by atoms with Crippen LogP contribution in [0.4, 0.5) is 5.88 Å². The summed E-state index contributed by atoms with van der Waals surface area (Å²) in [5.74, 6) is 0.279. The predicted octanol–water partition coefficient (Wildman–Crippen LogP) is 2.92. The molecule has 0 atom stereocenters. The number of pyridine rings is 1. The molecule has 0 aliphatic rings. The summed E-state index contributed by atoms with van der Waals surface area (Å²) in [5.41, 5.74) is 7.97. The van der Waals surface area contributed by atoms with Crippen molar-refractivity contribution in [3.8, 4) is 0 Å². The monoisotopic (exact) mass is 233 g/mol. The van der Waals surface area contributed by atoms with Gasteiger partial charge >= 0.3 is 0 Å². The summed E-state index contributed by atoms with van der Waals surface area (Å²) in [4.78, 5) is 4.36. The molecule has 0 fully saturated rings. The van der Waals surface area contributed by atoms with Gasteiger partial charge in [-0.05, 0) is 30.7 Å². The van der Waals surface area contributed by atoms with Crippen LogP contribution in [-0.2, 0) is 0 Å². The first-order chi connectivity index (χ1) is 7.65. The lowest BCUT2D eigenvalue weighted by Crippen LogP contribution is -1.85. The second-order valence-electron chi connectivity index (χ2n) is 3.70. The molecule has 3 aromatic rings. The fourth-order valence-electron chi connectivity index (χ4n) is 1.68. The zero-order chi connectivity index (χ0) is 11.3. The van der Waals surface area contributed by atoms with E-state index in [9.17, 15) is 0 Å². The topological polar surface area (TPSA) is 64.9 Å². The Balaban J connectivity index is 2.48. The quantitative estimate of drug-likeness (QED) is 0.648. The first kappa shape index (κ1) is 9.42. The van der Waals surface area contributed by atoms with E-state index in [1.807, 2.05) is 25.1 Å². The summed E-state index contributed by atoms with van der Waals surface area (Å²) >= 11 is 6.05. The lowest BCUT2D eigenvalue weighted by atomic mass is 10.1. The third kappa shape index (κ3) is 1.23. The van der Waals surface area contributed by atoms with E-state index in [-0.39, 0.29) is 5.88 Å². The molecular formula is C11H8ClN3O. The van der Waals surface area contributed by atoms with Crippen LogP contribution in [0, 0.1) is 6.92 Å². The Morgan fingerprint density at radius 3 is 2.94 bits per heavy atom. The molecule has 0 spiro atoms. The second kappa shape index (κ2) is 3.09. The van der Waals surface area contributed by atoms with Gasteiger partial charge in [0.15, 0.2) is 0 Å². The molecule has 5 heteroatoms. The fourth-order valence-corrected chi connectivity index (χ4v) is 1.85. The molecule has 0 radical (unpaired) electrons. The molecule has 0 unspecified atom stereocenters. The Hall–Kier alpha value is -1.81. The molecular weight excluding hydrogens is 226 g/mol. The number of hydrogen-bond acceptors (Lipinski definition) is 4. The molecule has 0 saturated heterocycles. The van der Waals surface area contributed by atoms with Crippen LogP contribution in [-0.4, -0.2) is 10.1 Å². The smallest absolute Gasteiger partial charge is 0.231 e. The predicted molar refractivity (Wildman–Crippen MR) is 63.5 cm³/mol. The van der Waals surface area contributed by atoms with Crippen LogP contribution < -0.4 is 5.73 Å². The van der Waals surface area contributed by atoms with Gasteiger partial charge in [-0.25, -0.2) is 4.98 Å². The van der Waals surface area contributed by atoms with Crippen LogP contribution >= 0.6 is 11.6 Å². The van der Waals surface area contributed by atoms with Gasteiger partial charge < -0.3 is 10.3 Å². The zero-order valence-corrected chi connectivity index (χ0v) is 9.25. The van der Waals surface area contributed by atoms with Gasteiger partial charge in [0.2, 0.25) is 11.5 Å². The number of anilines is 1. The highest BCUT2D eigenvalue weighted by Crippen LogP contribution is 2.27. The molecule has 16 heavy (non-hydrogen) atoms. The van der Waals surface area contributed by atoms with E-state index in [0.29, 0.717) is 16.1 Å². The maximum atomic E-state index is 6.05. The van der Waals surface area contributed by atoms with E-state index in [1.165, 1.54) is 0 Å². The van der Waals surface area contributed by atoms with E-state index >= 15 is 0 Å². The SMILES string of the molecule is Cc1cc2nc3noc(N)c3cc2cc1Cl. The van der Waals surface area contributed by atoms with Crippen molar-refractivity contribution in [2.45, 2.75) is 6.92 Å². The van der Waals surface area contributed by atoms with Crippen molar-refractivity contribution < 1.29 is 4.52 Å². The maximum absolute atomic E-state index is 6.05. The number of nitrogens with two attached hydrogens (primary N) is 1. The van der Waals surface area contributed by atoms with Crippen molar-refractivity contribution in [3.05, 3.63) is 28.8 Å². The van der Waals surface area contributed by atoms with Gasteiger partial charge in [0, 0.05) is 10.4 Å². The Kier molecular flexibility index (Phi) is 1.82. The van der Waals surface area contributed by atoms with E-state index in [4.69, 9.17) is 21.9 Å². The number of halogens is 1. The van der Waals surface area contributed by atoms with Crippen molar-refractivity contribution in [3.63, 3.8) is 0 Å². The summed E-state index contributed by atoms with van der Waals surface area (Å²) in [6, 6.07) is 5.67. The second-order valence-corrected chi connectivity index (χ2v) is 4.11. The van der Waals surface area contributed by atoms with E-state index < -0.39 is 0 Å². The number of hydrogen-bond donors (Lipinski definition) is 1.